The number of morpholine rings is 1. The quantitative estimate of drug-likeness (QED) is 0.293. The van der Waals surface area contributed by atoms with Crippen molar-refractivity contribution in [3.8, 4) is 17.0 Å². The molecule has 2 aromatic carbocycles. The van der Waals surface area contributed by atoms with Crippen LogP contribution in [0.4, 0.5) is 17.3 Å². The van der Waals surface area contributed by atoms with Crippen molar-refractivity contribution in [1.82, 2.24) is 19.4 Å². The number of methoxy groups -OCH3 is 1. The maximum atomic E-state index is 6.58. The van der Waals surface area contributed by atoms with E-state index in [0.717, 1.165) is 91.7 Å². The van der Waals surface area contributed by atoms with Crippen molar-refractivity contribution in [3.05, 3.63) is 59.4 Å². The van der Waals surface area contributed by atoms with Gasteiger partial charge in [-0.2, -0.15) is 0 Å². The first kappa shape index (κ1) is 25.6. The second-order valence-electron chi connectivity index (χ2n) is 10.8. The zero-order chi connectivity index (χ0) is 26.9. The molecule has 0 radical (unpaired) electrons. The summed E-state index contributed by atoms with van der Waals surface area (Å²) < 4.78 is 13.6. The highest BCUT2D eigenvalue weighted by Gasteiger charge is 2.21. The molecule has 204 valence electrons. The Bertz CT molecular complexity index is 1490. The first-order valence-electron chi connectivity index (χ1n) is 14.0. The smallest absolute Gasteiger partial charge is 0.227 e. The number of nitrogens with two attached hydrogens (primary N) is 1. The molecule has 0 spiro atoms. The van der Waals surface area contributed by atoms with Crippen LogP contribution in [0.1, 0.15) is 42.4 Å². The highest BCUT2D eigenvalue weighted by atomic mass is 16.5. The third-order valence-electron chi connectivity index (χ3n) is 8.22. The zero-order valence-electron chi connectivity index (χ0n) is 23.2. The fourth-order valence-electron chi connectivity index (χ4n) is 6.00. The summed E-state index contributed by atoms with van der Waals surface area (Å²) in [6, 6.07) is 10.6. The molecule has 4 heterocycles. The maximum Gasteiger partial charge on any atom is 0.227 e. The van der Waals surface area contributed by atoms with Crippen LogP contribution in [0.15, 0.2) is 42.7 Å². The molecule has 8 nitrogen and oxygen atoms in total. The molecule has 3 N–H and O–H groups in total. The molecule has 1 saturated heterocycles. The molecule has 0 saturated carbocycles. The number of benzene rings is 2. The van der Waals surface area contributed by atoms with Crippen LogP contribution in [0.2, 0.25) is 0 Å². The lowest BCUT2D eigenvalue weighted by Crippen LogP contribution is -2.37. The molecule has 8 heteroatoms. The average Bonchev–Trinajstić information content (AvgIpc) is 3.34. The van der Waals surface area contributed by atoms with E-state index in [4.69, 9.17) is 20.2 Å². The molecule has 2 aliphatic rings. The molecule has 6 rings (SSSR count). The van der Waals surface area contributed by atoms with Crippen molar-refractivity contribution in [2.75, 3.05) is 51.0 Å². The fourth-order valence-corrected chi connectivity index (χ4v) is 6.00. The first-order chi connectivity index (χ1) is 19.0. The van der Waals surface area contributed by atoms with Crippen LogP contribution in [0.25, 0.3) is 22.2 Å². The van der Waals surface area contributed by atoms with Gasteiger partial charge in [0.1, 0.15) is 5.75 Å². The predicted octanol–water partition coefficient (Wildman–Crippen LogP) is 5.51. The van der Waals surface area contributed by atoms with Crippen LogP contribution in [0.3, 0.4) is 0 Å². The standard InChI is InChI=1S/C31H38N6O2/c1-20(9-11-36-12-14-39-15-13-36)24-16-28(38-3)27(17-26(24)32)34-31-33-18-21(2)29(35-31)25-19-37-10-5-7-22-6-4-8-23(25)30(22)37/h4,6,8,16-20H,5,7,9-15,32H2,1-3H3,(H,33,34,35). The Morgan fingerprint density at radius 1 is 1.18 bits per heavy atom. The lowest BCUT2D eigenvalue weighted by atomic mass is 9.95. The Kier molecular flexibility index (Phi) is 7.14. The summed E-state index contributed by atoms with van der Waals surface area (Å²) in [7, 11) is 1.69. The van der Waals surface area contributed by atoms with Gasteiger partial charge in [-0.25, -0.2) is 9.97 Å². The number of anilines is 3. The van der Waals surface area contributed by atoms with Crippen molar-refractivity contribution in [1.29, 1.82) is 0 Å². The fraction of sp³-hybridized carbons (Fsp3) is 0.419. The molecule has 0 aliphatic carbocycles. The summed E-state index contributed by atoms with van der Waals surface area (Å²) in [5.41, 5.74) is 15.1. The van der Waals surface area contributed by atoms with E-state index in [-0.39, 0.29) is 0 Å². The van der Waals surface area contributed by atoms with Gasteiger partial charge in [0.25, 0.3) is 0 Å². The topological polar surface area (TPSA) is 90.5 Å². The molecule has 0 amide bonds. The van der Waals surface area contributed by atoms with Gasteiger partial charge in [0.05, 0.1) is 37.2 Å². The number of nitrogens with one attached hydrogen (secondary N) is 1. The van der Waals surface area contributed by atoms with E-state index in [1.165, 1.54) is 22.9 Å². The third-order valence-corrected chi connectivity index (χ3v) is 8.22. The van der Waals surface area contributed by atoms with Gasteiger partial charge in [0, 0.05) is 48.7 Å². The van der Waals surface area contributed by atoms with Gasteiger partial charge in [-0.1, -0.05) is 25.1 Å². The number of aromatic nitrogens is 3. The van der Waals surface area contributed by atoms with Crippen LogP contribution < -0.4 is 15.8 Å². The zero-order valence-corrected chi connectivity index (χ0v) is 23.2. The summed E-state index contributed by atoms with van der Waals surface area (Å²) >= 11 is 0. The van der Waals surface area contributed by atoms with E-state index in [2.05, 4.69) is 64.1 Å². The summed E-state index contributed by atoms with van der Waals surface area (Å²) in [6.45, 7) is 9.99. The van der Waals surface area contributed by atoms with Gasteiger partial charge in [-0.15, -0.1) is 0 Å². The molecule has 2 aromatic heterocycles. The van der Waals surface area contributed by atoms with Gasteiger partial charge >= 0.3 is 0 Å². The van der Waals surface area contributed by atoms with Gasteiger partial charge in [-0.3, -0.25) is 4.90 Å². The molecule has 4 aromatic rings. The minimum Gasteiger partial charge on any atom is -0.495 e. The second kappa shape index (κ2) is 10.9. The lowest BCUT2D eigenvalue weighted by molar-refractivity contribution is 0.0367. The van der Waals surface area contributed by atoms with Gasteiger partial charge < -0.3 is 25.1 Å². The Labute approximate surface area is 230 Å². The summed E-state index contributed by atoms with van der Waals surface area (Å²) in [6.07, 6.45) is 7.45. The second-order valence-corrected chi connectivity index (χ2v) is 10.8. The van der Waals surface area contributed by atoms with Crippen LogP contribution in [-0.4, -0.2) is 59.4 Å². The molecular formula is C31H38N6O2. The van der Waals surface area contributed by atoms with E-state index >= 15 is 0 Å². The van der Waals surface area contributed by atoms with Crippen LogP contribution >= 0.6 is 0 Å². The van der Waals surface area contributed by atoms with Crippen LogP contribution in [-0.2, 0) is 17.7 Å². The minimum atomic E-state index is 0.308. The monoisotopic (exact) mass is 526 g/mol. The van der Waals surface area contributed by atoms with E-state index in [1.54, 1.807) is 7.11 Å². The summed E-state index contributed by atoms with van der Waals surface area (Å²) in [5, 5.41) is 4.64. The maximum absolute atomic E-state index is 6.58. The van der Waals surface area contributed by atoms with E-state index < -0.39 is 0 Å². The molecule has 1 unspecified atom stereocenters. The highest BCUT2D eigenvalue weighted by molar-refractivity contribution is 5.98. The van der Waals surface area contributed by atoms with Crippen LogP contribution in [0.5, 0.6) is 5.75 Å². The summed E-state index contributed by atoms with van der Waals surface area (Å²) in [4.78, 5) is 12.0. The first-order valence-corrected chi connectivity index (χ1v) is 14.0. The Morgan fingerprint density at radius 2 is 2.03 bits per heavy atom. The van der Waals surface area contributed by atoms with Gasteiger partial charge in [-0.05, 0) is 67.5 Å². The molecular weight excluding hydrogens is 488 g/mol. The number of aryl methyl sites for hydroxylation is 3. The number of hydrogen-bond acceptors (Lipinski definition) is 7. The number of ether oxygens (including phenoxy) is 2. The number of hydrogen-bond donors (Lipinski definition) is 2. The van der Waals surface area contributed by atoms with Crippen molar-refractivity contribution in [2.24, 2.45) is 0 Å². The average molecular weight is 527 g/mol. The number of rotatable bonds is 8. The van der Waals surface area contributed by atoms with E-state index in [9.17, 15) is 0 Å². The Hall–Kier alpha value is -3.62. The van der Waals surface area contributed by atoms with Gasteiger partial charge in [0.2, 0.25) is 5.95 Å². The summed E-state index contributed by atoms with van der Waals surface area (Å²) in [5.74, 6) is 1.56. The normalized spacial score (nSPS) is 16.4. The van der Waals surface area contributed by atoms with Gasteiger partial charge in [0.15, 0.2) is 0 Å². The van der Waals surface area contributed by atoms with Crippen LogP contribution in [0, 0.1) is 6.92 Å². The van der Waals surface area contributed by atoms with Crippen molar-refractivity contribution >= 4 is 28.2 Å². The largest absolute Gasteiger partial charge is 0.495 e. The molecule has 39 heavy (non-hydrogen) atoms. The number of nitrogen functional groups attached to an aromatic ring is 1. The molecule has 1 atom stereocenters. The third kappa shape index (κ3) is 5.06. The number of para-hydroxylation sites is 1. The van der Waals surface area contributed by atoms with E-state index in [1.807, 2.05) is 12.3 Å². The highest BCUT2D eigenvalue weighted by Crippen LogP contribution is 2.38. The molecule has 1 fully saturated rings. The SMILES string of the molecule is COc1cc(C(C)CCN2CCOCC2)c(N)cc1Nc1ncc(C)c(-c2cn3c4c(cccc24)CCC3)n1. The van der Waals surface area contributed by atoms with Crippen molar-refractivity contribution < 1.29 is 9.47 Å². The number of nitrogens with zero attached hydrogens (tertiary/aromatic N) is 4. The van der Waals surface area contributed by atoms with Crippen molar-refractivity contribution in [2.45, 2.75) is 45.6 Å². The Morgan fingerprint density at radius 3 is 2.85 bits per heavy atom. The lowest BCUT2D eigenvalue weighted by Gasteiger charge is -2.28. The molecule has 2 aliphatic heterocycles. The Balaban J connectivity index is 1.26. The minimum absolute atomic E-state index is 0.308. The molecule has 0 bridgehead atoms. The van der Waals surface area contributed by atoms with Crippen molar-refractivity contribution in [3.63, 3.8) is 0 Å². The predicted molar refractivity (Wildman–Crippen MR) is 157 cm³/mol. The van der Waals surface area contributed by atoms with E-state index in [0.29, 0.717) is 11.9 Å².